The first kappa shape index (κ1) is 14.8. The summed E-state index contributed by atoms with van der Waals surface area (Å²) < 4.78 is 0. The van der Waals surface area contributed by atoms with Gasteiger partial charge < -0.3 is 15.3 Å². The van der Waals surface area contributed by atoms with Crippen LogP contribution in [0.15, 0.2) is 60.7 Å². The molecule has 0 radical (unpaired) electrons. The number of hydrogen-bond donors (Lipinski definition) is 3. The molecule has 0 saturated carbocycles. The van der Waals surface area contributed by atoms with Gasteiger partial charge in [-0.25, -0.2) is 0 Å². The third-order valence-corrected chi connectivity index (χ3v) is 5.47. The van der Waals surface area contributed by atoms with E-state index in [0.29, 0.717) is 12.0 Å². The quantitative estimate of drug-likeness (QED) is 0.433. The molecule has 4 aromatic carbocycles. The Morgan fingerprint density at radius 3 is 1.68 bits per heavy atom. The average molecular weight is 330 g/mol. The molecule has 0 spiro atoms. The second-order valence-corrected chi connectivity index (χ2v) is 6.89. The van der Waals surface area contributed by atoms with Crippen LogP contribution in [0.1, 0.15) is 17.2 Å². The van der Waals surface area contributed by atoms with Crippen LogP contribution in [0.5, 0.6) is 0 Å². The summed E-state index contributed by atoms with van der Waals surface area (Å²) in [5.41, 5.74) is 1.61. The van der Waals surface area contributed by atoms with Crippen molar-refractivity contribution >= 4 is 32.3 Å². The lowest BCUT2D eigenvalue weighted by Gasteiger charge is -2.31. The fourth-order valence-electron chi connectivity index (χ4n) is 4.21. The molecule has 1 aliphatic rings. The first-order chi connectivity index (χ1) is 12.1. The molecule has 3 atom stereocenters. The van der Waals surface area contributed by atoms with Gasteiger partial charge in [0, 0.05) is 6.42 Å². The predicted molar refractivity (Wildman–Crippen MR) is 99.6 cm³/mol. The third kappa shape index (κ3) is 2.04. The Morgan fingerprint density at radius 2 is 1.12 bits per heavy atom. The van der Waals surface area contributed by atoms with E-state index in [2.05, 4.69) is 30.3 Å². The highest BCUT2D eigenvalue weighted by molar-refractivity contribution is 6.25. The summed E-state index contributed by atoms with van der Waals surface area (Å²) in [6.45, 7) is 0. The normalized spacial score (nSPS) is 23.2. The van der Waals surface area contributed by atoms with Gasteiger partial charge in [0.25, 0.3) is 0 Å². The monoisotopic (exact) mass is 330 g/mol. The molecule has 124 valence electrons. The summed E-state index contributed by atoms with van der Waals surface area (Å²) >= 11 is 0. The van der Waals surface area contributed by atoms with Gasteiger partial charge in [0.1, 0.15) is 12.2 Å². The Morgan fingerprint density at radius 1 is 0.640 bits per heavy atom. The van der Waals surface area contributed by atoms with E-state index in [4.69, 9.17) is 0 Å². The van der Waals surface area contributed by atoms with Crippen LogP contribution >= 0.6 is 0 Å². The fourth-order valence-corrected chi connectivity index (χ4v) is 4.21. The van der Waals surface area contributed by atoms with Gasteiger partial charge in [-0.2, -0.15) is 0 Å². The smallest absolute Gasteiger partial charge is 0.110 e. The fraction of sp³-hybridized carbons (Fsp3) is 0.182. The molecule has 5 rings (SSSR count). The van der Waals surface area contributed by atoms with Crippen molar-refractivity contribution in [2.45, 2.75) is 24.7 Å². The maximum atomic E-state index is 10.4. The molecule has 0 aromatic heterocycles. The molecule has 3 N–H and O–H groups in total. The van der Waals surface area contributed by atoms with Crippen LogP contribution in [0.3, 0.4) is 0 Å². The van der Waals surface area contributed by atoms with Crippen LogP contribution in [-0.2, 0) is 6.42 Å². The molecule has 4 aromatic rings. The minimum atomic E-state index is -1.14. The summed E-state index contributed by atoms with van der Waals surface area (Å²) in [5.74, 6) is 0. The molecule has 0 unspecified atom stereocenters. The number of rotatable bonds is 0. The Balaban J connectivity index is 1.98. The standard InChI is InChI=1S/C22H18O3/c23-20-10-12-9-18-15-7-3-1-5-13(15)14-6-2-4-8-16(14)19(18)11-17(12)21(24)22(20)25/h1-9,11,20-25H,10H2/t20-,21-,22-/m1/s1. The third-order valence-electron chi connectivity index (χ3n) is 5.47. The predicted octanol–water partition coefficient (Wildman–Crippen LogP) is 3.46. The molecule has 0 saturated heterocycles. The number of fused-ring (bicyclic) bond motifs is 7. The van der Waals surface area contributed by atoms with E-state index in [0.717, 1.165) is 27.1 Å². The molecule has 0 heterocycles. The maximum Gasteiger partial charge on any atom is 0.110 e. The lowest BCUT2D eigenvalue weighted by Crippen LogP contribution is -2.38. The highest BCUT2D eigenvalue weighted by Crippen LogP contribution is 2.40. The summed E-state index contributed by atoms with van der Waals surface area (Å²) in [7, 11) is 0. The molecule has 0 aliphatic heterocycles. The molecular weight excluding hydrogens is 312 g/mol. The maximum absolute atomic E-state index is 10.4. The van der Waals surface area contributed by atoms with Crippen molar-refractivity contribution in [3.63, 3.8) is 0 Å². The zero-order valence-corrected chi connectivity index (χ0v) is 13.6. The summed E-state index contributed by atoms with van der Waals surface area (Å²) in [4.78, 5) is 0. The van der Waals surface area contributed by atoms with Crippen molar-refractivity contribution in [2.24, 2.45) is 0 Å². The Bertz CT molecular complexity index is 1130. The van der Waals surface area contributed by atoms with Crippen molar-refractivity contribution in [1.29, 1.82) is 0 Å². The van der Waals surface area contributed by atoms with Crippen LogP contribution in [0.2, 0.25) is 0 Å². The topological polar surface area (TPSA) is 60.7 Å². The van der Waals surface area contributed by atoms with E-state index in [9.17, 15) is 15.3 Å². The molecule has 0 fully saturated rings. The molecule has 1 aliphatic carbocycles. The van der Waals surface area contributed by atoms with E-state index in [-0.39, 0.29) is 0 Å². The highest BCUT2D eigenvalue weighted by Gasteiger charge is 2.33. The molecule has 0 bridgehead atoms. The van der Waals surface area contributed by atoms with E-state index in [1.54, 1.807) is 0 Å². The zero-order chi connectivity index (χ0) is 17.1. The van der Waals surface area contributed by atoms with Crippen molar-refractivity contribution in [1.82, 2.24) is 0 Å². The van der Waals surface area contributed by atoms with E-state index in [1.807, 2.05) is 30.3 Å². The van der Waals surface area contributed by atoms with E-state index >= 15 is 0 Å². The second-order valence-electron chi connectivity index (χ2n) is 6.89. The molecule has 25 heavy (non-hydrogen) atoms. The first-order valence-electron chi connectivity index (χ1n) is 8.55. The zero-order valence-electron chi connectivity index (χ0n) is 13.6. The molecular formula is C22H18O3. The van der Waals surface area contributed by atoms with Crippen LogP contribution in [0, 0.1) is 0 Å². The van der Waals surface area contributed by atoms with Gasteiger partial charge >= 0.3 is 0 Å². The van der Waals surface area contributed by atoms with Gasteiger partial charge in [0.15, 0.2) is 0 Å². The summed E-state index contributed by atoms with van der Waals surface area (Å²) in [6, 6.07) is 20.6. The Labute approximate surface area is 144 Å². The summed E-state index contributed by atoms with van der Waals surface area (Å²) in [5, 5.41) is 37.4. The number of aliphatic hydroxyl groups excluding tert-OH is 3. The lowest BCUT2D eigenvalue weighted by atomic mass is 9.82. The van der Waals surface area contributed by atoms with Crippen LogP contribution in [-0.4, -0.2) is 27.5 Å². The van der Waals surface area contributed by atoms with Gasteiger partial charge in [-0.1, -0.05) is 54.6 Å². The van der Waals surface area contributed by atoms with Gasteiger partial charge in [0.05, 0.1) is 6.10 Å². The van der Waals surface area contributed by atoms with Crippen LogP contribution < -0.4 is 0 Å². The van der Waals surface area contributed by atoms with Gasteiger partial charge in [-0.3, -0.25) is 0 Å². The molecule has 3 nitrogen and oxygen atoms in total. The SMILES string of the molecule is O[C@@H]1[C@H](O)Cc2cc3c4ccccc4c4ccccc4c3cc2[C@H]1O. The average Bonchev–Trinajstić information content (AvgIpc) is 2.65. The van der Waals surface area contributed by atoms with Crippen molar-refractivity contribution in [2.75, 3.05) is 0 Å². The minimum absolute atomic E-state index is 0.352. The second kappa shape index (κ2) is 5.27. The Kier molecular flexibility index (Phi) is 3.13. The minimum Gasteiger partial charge on any atom is -0.390 e. The van der Waals surface area contributed by atoms with Crippen LogP contribution in [0.4, 0.5) is 0 Å². The van der Waals surface area contributed by atoms with E-state index < -0.39 is 18.3 Å². The van der Waals surface area contributed by atoms with Crippen molar-refractivity contribution in [3.05, 3.63) is 71.8 Å². The van der Waals surface area contributed by atoms with Gasteiger partial charge in [0.2, 0.25) is 0 Å². The van der Waals surface area contributed by atoms with Crippen molar-refractivity contribution < 1.29 is 15.3 Å². The van der Waals surface area contributed by atoms with Gasteiger partial charge in [-0.15, -0.1) is 0 Å². The van der Waals surface area contributed by atoms with Crippen LogP contribution in [0.25, 0.3) is 32.3 Å². The number of aliphatic hydroxyl groups is 3. The van der Waals surface area contributed by atoms with E-state index in [1.165, 1.54) is 10.8 Å². The van der Waals surface area contributed by atoms with Gasteiger partial charge in [-0.05, 0) is 49.5 Å². The first-order valence-corrected chi connectivity index (χ1v) is 8.55. The Hall–Kier alpha value is -2.46. The highest BCUT2D eigenvalue weighted by atomic mass is 16.4. The number of hydrogen-bond acceptors (Lipinski definition) is 3. The molecule has 0 amide bonds. The van der Waals surface area contributed by atoms with Crippen molar-refractivity contribution in [3.8, 4) is 0 Å². The largest absolute Gasteiger partial charge is 0.390 e. The number of benzene rings is 4. The molecule has 3 heteroatoms. The summed E-state index contributed by atoms with van der Waals surface area (Å²) in [6.07, 6.45) is -2.79. The lowest BCUT2D eigenvalue weighted by molar-refractivity contribution is -0.0684.